The van der Waals surface area contributed by atoms with Crippen LogP contribution in [0.1, 0.15) is 13.8 Å². The molecule has 0 fully saturated rings. The summed E-state index contributed by atoms with van der Waals surface area (Å²) in [4.78, 5) is 0. The van der Waals surface area contributed by atoms with E-state index in [0.29, 0.717) is 0 Å². The van der Waals surface area contributed by atoms with Crippen molar-refractivity contribution in [1.29, 1.82) is 10.5 Å². The third-order valence-corrected chi connectivity index (χ3v) is 0.605. The summed E-state index contributed by atoms with van der Waals surface area (Å²) < 4.78 is 0. The predicted molar refractivity (Wildman–Crippen MR) is 53.1 cm³/mol. The minimum Gasteiger partial charge on any atom is -0.344 e. The van der Waals surface area contributed by atoms with Crippen molar-refractivity contribution >= 4 is 25.3 Å². The van der Waals surface area contributed by atoms with Gasteiger partial charge in [-0.3, -0.25) is 0 Å². The molecule has 0 saturated carbocycles. The van der Waals surface area contributed by atoms with Crippen molar-refractivity contribution in [2.75, 3.05) is 0 Å². The lowest BCUT2D eigenvalue weighted by molar-refractivity contribution is 1.25. The Kier molecular flexibility index (Phi) is 19.0. The van der Waals surface area contributed by atoms with Gasteiger partial charge in [-0.25, -0.2) is 0 Å². The van der Waals surface area contributed by atoms with Crippen LogP contribution in [-0.2, 0) is 0 Å². The van der Waals surface area contributed by atoms with Gasteiger partial charge < -0.3 is 6.15 Å². The highest BCUT2D eigenvalue weighted by Crippen LogP contribution is 1.84. The SMILES string of the molecule is CC(S)C#N.CC(S)C#N.N. The average molecular weight is 191 g/mol. The Morgan fingerprint density at radius 2 is 1.09 bits per heavy atom. The predicted octanol–water partition coefficient (Wildman–Crippen LogP) is 1.82. The van der Waals surface area contributed by atoms with Crippen LogP contribution in [0.4, 0.5) is 0 Å². The zero-order valence-electron chi connectivity index (χ0n) is 6.65. The first-order chi connectivity index (χ1) is 4.54. The molecule has 0 aliphatic carbocycles. The monoisotopic (exact) mass is 191 g/mol. The second kappa shape index (κ2) is 12.3. The molecule has 0 radical (unpaired) electrons. The normalized spacial score (nSPS) is 11.8. The Labute approximate surface area is 78.8 Å². The highest BCUT2D eigenvalue weighted by atomic mass is 32.1. The zero-order chi connectivity index (χ0) is 8.57. The van der Waals surface area contributed by atoms with E-state index in [2.05, 4.69) is 25.3 Å². The van der Waals surface area contributed by atoms with Crippen LogP contribution in [0.25, 0.3) is 0 Å². The van der Waals surface area contributed by atoms with E-state index in [0.717, 1.165) is 0 Å². The number of hydrogen-bond acceptors (Lipinski definition) is 5. The summed E-state index contributed by atoms with van der Waals surface area (Å²) in [7, 11) is 0. The Morgan fingerprint density at radius 3 is 1.09 bits per heavy atom. The summed E-state index contributed by atoms with van der Waals surface area (Å²) in [5, 5.41) is 15.4. The number of hydrogen-bond donors (Lipinski definition) is 3. The first-order valence-corrected chi connectivity index (χ1v) is 3.73. The largest absolute Gasteiger partial charge is 0.344 e. The molecule has 0 aliphatic heterocycles. The van der Waals surface area contributed by atoms with Gasteiger partial charge in [-0.2, -0.15) is 35.8 Å². The molecular formula is C6H13N3S2. The second-order valence-corrected chi connectivity index (χ2v) is 3.16. The molecule has 5 heteroatoms. The maximum atomic E-state index is 7.82. The molecule has 0 spiro atoms. The minimum absolute atomic E-state index is 0. The molecule has 0 heterocycles. The molecule has 64 valence electrons. The van der Waals surface area contributed by atoms with Gasteiger partial charge in [0, 0.05) is 0 Å². The van der Waals surface area contributed by atoms with E-state index >= 15 is 0 Å². The first-order valence-electron chi connectivity index (χ1n) is 2.70. The Hall–Kier alpha value is -0.360. The van der Waals surface area contributed by atoms with Crippen molar-refractivity contribution < 1.29 is 0 Å². The average Bonchev–Trinajstić information content (AvgIpc) is 1.89. The van der Waals surface area contributed by atoms with E-state index in [9.17, 15) is 0 Å². The lowest BCUT2D eigenvalue weighted by Gasteiger charge is -1.75. The highest BCUT2D eigenvalue weighted by molar-refractivity contribution is 7.81. The molecule has 3 N–H and O–H groups in total. The van der Waals surface area contributed by atoms with Gasteiger partial charge in [0.25, 0.3) is 0 Å². The molecule has 11 heavy (non-hydrogen) atoms. The highest BCUT2D eigenvalue weighted by Gasteiger charge is 1.80. The molecule has 2 unspecified atom stereocenters. The topological polar surface area (TPSA) is 82.6 Å². The van der Waals surface area contributed by atoms with E-state index in [-0.39, 0.29) is 16.7 Å². The Bertz CT molecular complexity index is 125. The zero-order valence-corrected chi connectivity index (χ0v) is 8.44. The summed E-state index contributed by atoms with van der Waals surface area (Å²) in [6, 6.07) is 3.78. The molecular weight excluding hydrogens is 178 g/mol. The summed E-state index contributed by atoms with van der Waals surface area (Å²) in [5.41, 5.74) is 0. The van der Waals surface area contributed by atoms with Gasteiger partial charge in [0.05, 0.1) is 22.6 Å². The van der Waals surface area contributed by atoms with E-state index in [1.807, 2.05) is 12.1 Å². The van der Waals surface area contributed by atoms with Gasteiger partial charge >= 0.3 is 0 Å². The molecule has 0 bridgehead atoms. The summed E-state index contributed by atoms with van der Waals surface area (Å²) >= 11 is 7.47. The van der Waals surface area contributed by atoms with Gasteiger partial charge in [-0.1, -0.05) is 0 Å². The quantitative estimate of drug-likeness (QED) is 0.511. The van der Waals surface area contributed by atoms with Crippen LogP contribution in [0.2, 0.25) is 0 Å². The van der Waals surface area contributed by atoms with Crippen molar-refractivity contribution in [2.45, 2.75) is 24.3 Å². The number of nitriles is 2. The number of nitrogens with zero attached hydrogens (tertiary/aromatic N) is 2. The van der Waals surface area contributed by atoms with Gasteiger partial charge in [-0.15, -0.1) is 0 Å². The summed E-state index contributed by atoms with van der Waals surface area (Å²) in [5.74, 6) is 0. The van der Waals surface area contributed by atoms with Crippen molar-refractivity contribution in [1.82, 2.24) is 6.15 Å². The fraction of sp³-hybridized carbons (Fsp3) is 0.667. The van der Waals surface area contributed by atoms with E-state index in [4.69, 9.17) is 10.5 Å². The fourth-order valence-corrected chi connectivity index (χ4v) is 0. The lowest BCUT2D eigenvalue weighted by Crippen LogP contribution is -1.77. The summed E-state index contributed by atoms with van der Waals surface area (Å²) in [6.07, 6.45) is 0. The van der Waals surface area contributed by atoms with Crippen LogP contribution in [0.5, 0.6) is 0 Å². The van der Waals surface area contributed by atoms with Crippen LogP contribution < -0.4 is 6.15 Å². The van der Waals surface area contributed by atoms with Crippen molar-refractivity contribution in [2.24, 2.45) is 0 Å². The smallest absolute Gasteiger partial charge is 0.0858 e. The third kappa shape index (κ3) is 42.5. The van der Waals surface area contributed by atoms with Crippen LogP contribution in [0.15, 0.2) is 0 Å². The third-order valence-electron chi connectivity index (χ3n) is 0.374. The maximum absolute atomic E-state index is 7.82. The molecule has 0 amide bonds. The number of rotatable bonds is 0. The lowest BCUT2D eigenvalue weighted by atomic mass is 10.5. The van der Waals surface area contributed by atoms with Crippen LogP contribution in [0, 0.1) is 22.7 Å². The second-order valence-electron chi connectivity index (χ2n) is 1.61. The van der Waals surface area contributed by atoms with Gasteiger partial charge in [0.15, 0.2) is 0 Å². The molecule has 3 nitrogen and oxygen atoms in total. The van der Waals surface area contributed by atoms with Crippen LogP contribution >= 0.6 is 25.3 Å². The standard InChI is InChI=1S/2C3H5NS.H3N/c2*1-3(5)2-4;/h2*3,5H,1H3;1H3. The van der Waals surface area contributed by atoms with E-state index < -0.39 is 0 Å². The fourth-order valence-electron chi connectivity index (χ4n) is 0. The molecule has 0 aliphatic rings. The first kappa shape index (κ1) is 16.9. The van der Waals surface area contributed by atoms with Gasteiger partial charge in [0.1, 0.15) is 0 Å². The van der Waals surface area contributed by atoms with Gasteiger partial charge in [-0.05, 0) is 13.8 Å². The molecule has 0 aromatic rings. The summed E-state index contributed by atoms with van der Waals surface area (Å²) in [6.45, 7) is 3.45. The molecule has 0 saturated heterocycles. The Balaban J connectivity index is -0.000000107. The van der Waals surface area contributed by atoms with Crippen molar-refractivity contribution in [3.8, 4) is 12.1 Å². The van der Waals surface area contributed by atoms with E-state index in [1.165, 1.54) is 0 Å². The maximum Gasteiger partial charge on any atom is 0.0858 e. The van der Waals surface area contributed by atoms with Crippen LogP contribution in [0.3, 0.4) is 0 Å². The molecule has 0 aromatic heterocycles. The Morgan fingerprint density at radius 1 is 1.00 bits per heavy atom. The molecule has 2 atom stereocenters. The molecule has 0 rings (SSSR count). The minimum atomic E-state index is -0.116. The van der Waals surface area contributed by atoms with Crippen molar-refractivity contribution in [3.05, 3.63) is 0 Å². The van der Waals surface area contributed by atoms with Crippen molar-refractivity contribution in [3.63, 3.8) is 0 Å². The van der Waals surface area contributed by atoms with Crippen LogP contribution in [-0.4, -0.2) is 10.5 Å². The molecule has 0 aromatic carbocycles. The van der Waals surface area contributed by atoms with Gasteiger partial charge in [0.2, 0.25) is 0 Å². The van der Waals surface area contributed by atoms with E-state index in [1.54, 1.807) is 13.8 Å². The number of thiol groups is 2.